The van der Waals surface area contributed by atoms with Gasteiger partial charge in [-0.25, -0.2) is 0 Å². The lowest BCUT2D eigenvalue weighted by Crippen LogP contribution is -2.56. The Morgan fingerprint density at radius 3 is 2.06 bits per heavy atom. The minimum absolute atomic E-state index is 0.119. The Kier molecular flexibility index (Phi) is 4.49. The third-order valence-electron chi connectivity index (χ3n) is 3.17. The average molecular weight is 230 g/mol. The fourth-order valence-electron chi connectivity index (χ4n) is 0.847. The van der Waals surface area contributed by atoms with E-state index in [4.69, 9.17) is 10.8 Å². The first-order valence-corrected chi connectivity index (χ1v) is 5.30. The zero-order valence-corrected chi connectivity index (χ0v) is 10.6. The molecule has 0 aliphatic heterocycles. The minimum Gasteiger partial charge on any atom is -0.481 e. The van der Waals surface area contributed by atoms with Crippen LogP contribution >= 0.6 is 0 Å². The number of carbonyl (C=O) groups excluding carboxylic acids is 1. The molecule has 0 radical (unpaired) electrons. The third kappa shape index (κ3) is 3.48. The van der Waals surface area contributed by atoms with Gasteiger partial charge in [0.1, 0.15) is 0 Å². The topological polar surface area (TPSA) is 92.4 Å². The van der Waals surface area contributed by atoms with Gasteiger partial charge in [0.15, 0.2) is 0 Å². The number of carbonyl (C=O) groups is 2. The number of rotatable bonds is 5. The van der Waals surface area contributed by atoms with Gasteiger partial charge in [0.2, 0.25) is 5.91 Å². The van der Waals surface area contributed by atoms with Gasteiger partial charge >= 0.3 is 5.97 Å². The van der Waals surface area contributed by atoms with E-state index >= 15 is 0 Å². The van der Waals surface area contributed by atoms with Gasteiger partial charge in [0.25, 0.3) is 0 Å². The van der Waals surface area contributed by atoms with Gasteiger partial charge in [0, 0.05) is 12.1 Å². The lowest BCUT2D eigenvalue weighted by molar-refractivity contribution is -0.141. The molecule has 94 valence electrons. The number of hydrogen-bond donors (Lipinski definition) is 3. The number of nitrogens with one attached hydrogen (secondary N) is 1. The van der Waals surface area contributed by atoms with Crippen molar-refractivity contribution in [1.29, 1.82) is 0 Å². The molecule has 4 N–H and O–H groups in total. The quantitative estimate of drug-likeness (QED) is 0.644. The van der Waals surface area contributed by atoms with E-state index in [0.717, 1.165) is 0 Å². The van der Waals surface area contributed by atoms with Crippen LogP contribution in [0.3, 0.4) is 0 Å². The lowest BCUT2D eigenvalue weighted by Gasteiger charge is -2.37. The molecule has 0 heterocycles. The highest BCUT2D eigenvalue weighted by Gasteiger charge is 2.40. The monoisotopic (exact) mass is 230 g/mol. The molecule has 16 heavy (non-hydrogen) atoms. The van der Waals surface area contributed by atoms with Crippen molar-refractivity contribution in [3.05, 3.63) is 0 Å². The third-order valence-corrected chi connectivity index (χ3v) is 3.17. The largest absolute Gasteiger partial charge is 0.481 e. The Balaban J connectivity index is 4.44. The van der Waals surface area contributed by atoms with Gasteiger partial charge in [0.05, 0.1) is 11.3 Å². The minimum atomic E-state index is -0.926. The van der Waals surface area contributed by atoms with Crippen molar-refractivity contribution in [3.8, 4) is 0 Å². The van der Waals surface area contributed by atoms with Crippen molar-refractivity contribution in [2.45, 2.75) is 40.2 Å². The fourth-order valence-corrected chi connectivity index (χ4v) is 0.847. The SMILES string of the molecule is CC(CNC(=O)C(C)(C)C(C)(C)N)C(=O)O. The van der Waals surface area contributed by atoms with Crippen molar-refractivity contribution in [2.75, 3.05) is 6.54 Å². The van der Waals surface area contributed by atoms with Gasteiger partial charge < -0.3 is 16.2 Å². The van der Waals surface area contributed by atoms with E-state index in [9.17, 15) is 9.59 Å². The van der Waals surface area contributed by atoms with Crippen LogP contribution in [-0.2, 0) is 9.59 Å². The first-order chi connectivity index (χ1) is 7.00. The second kappa shape index (κ2) is 4.82. The highest BCUT2D eigenvalue weighted by Crippen LogP contribution is 2.28. The van der Waals surface area contributed by atoms with Crippen molar-refractivity contribution in [2.24, 2.45) is 17.1 Å². The Labute approximate surface area is 96.4 Å². The van der Waals surface area contributed by atoms with Crippen LogP contribution in [0.2, 0.25) is 0 Å². The van der Waals surface area contributed by atoms with Crippen LogP contribution < -0.4 is 11.1 Å². The average Bonchev–Trinajstić information content (AvgIpc) is 2.11. The van der Waals surface area contributed by atoms with E-state index in [1.807, 2.05) is 0 Å². The number of nitrogens with two attached hydrogens (primary N) is 1. The summed E-state index contributed by atoms with van der Waals surface area (Å²) in [4.78, 5) is 22.4. The van der Waals surface area contributed by atoms with Crippen LogP contribution in [0.1, 0.15) is 34.6 Å². The van der Waals surface area contributed by atoms with Crippen molar-refractivity contribution < 1.29 is 14.7 Å². The number of aliphatic carboxylic acids is 1. The highest BCUT2D eigenvalue weighted by atomic mass is 16.4. The van der Waals surface area contributed by atoms with E-state index < -0.39 is 22.8 Å². The zero-order valence-electron chi connectivity index (χ0n) is 10.6. The molecular weight excluding hydrogens is 208 g/mol. The molecule has 0 aliphatic carbocycles. The molecule has 0 aromatic carbocycles. The van der Waals surface area contributed by atoms with E-state index in [0.29, 0.717) is 0 Å². The summed E-state index contributed by atoms with van der Waals surface area (Å²) < 4.78 is 0. The Hall–Kier alpha value is -1.10. The Bertz CT molecular complexity index is 279. The summed E-state index contributed by atoms with van der Waals surface area (Å²) in [5, 5.41) is 11.3. The standard InChI is InChI=1S/C11H22N2O3/c1-7(8(14)15)6-13-9(16)10(2,3)11(4,5)12/h7H,6,12H2,1-5H3,(H,13,16)(H,14,15). The number of carboxylic acid groups (broad SMARTS) is 1. The van der Waals surface area contributed by atoms with Crippen LogP contribution in [0, 0.1) is 11.3 Å². The first-order valence-electron chi connectivity index (χ1n) is 5.30. The van der Waals surface area contributed by atoms with E-state index in [1.165, 1.54) is 0 Å². The molecule has 5 nitrogen and oxygen atoms in total. The molecule has 1 atom stereocenters. The molecule has 5 heteroatoms. The Morgan fingerprint density at radius 2 is 1.75 bits per heavy atom. The number of carboxylic acids is 1. The predicted molar refractivity (Wildman–Crippen MR) is 61.9 cm³/mol. The normalized spacial score (nSPS) is 14.4. The highest BCUT2D eigenvalue weighted by molar-refractivity contribution is 5.83. The van der Waals surface area contributed by atoms with E-state index in [2.05, 4.69) is 5.32 Å². The maximum absolute atomic E-state index is 11.9. The van der Waals surface area contributed by atoms with Crippen molar-refractivity contribution in [3.63, 3.8) is 0 Å². The molecule has 0 aliphatic rings. The van der Waals surface area contributed by atoms with Gasteiger partial charge in [-0.05, 0) is 27.7 Å². The van der Waals surface area contributed by atoms with E-state index in [1.54, 1.807) is 34.6 Å². The summed E-state index contributed by atoms with van der Waals surface area (Å²) in [6, 6.07) is 0. The van der Waals surface area contributed by atoms with Crippen LogP contribution in [0.25, 0.3) is 0 Å². The molecule has 0 bridgehead atoms. The smallest absolute Gasteiger partial charge is 0.308 e. The molecule has 1 unspecified atom stereocenters. The molecule has 0 spiro atoms. The fraction of sp³-hybridized carbons (Fsp3) is 0.818. The molecular formula is C11H22N2O3. The van der Waals surface area contributed by atoms with Gasteiger partial charge in [-0.15, -0.1) is 0 Å². The van der Waals surface area contributed by atoms with Crippen LogP contribution in [-0.4, -0.2) is 29.1 Å². The summed E-state index contributed by atoms with van der Waals surface area (Å²) in [6.07, 6.45) is 0. The van der Waals surface area contributed by atoms with Crippen LogP contribution in [0.15, 0.2) is 0 Å². The molecule has 0 aromatic rings. The summed E-state index contributed by atoms with van der Waals surface area (Å²) in [5.74, 6) is -1.75. The molecule has 0 saturated heterocycles. The van der Waals surface area contributed by atoms with Gasteiger partial charge in [-0.2, -0.15) is 0 Å². The summed E-state index contributed by atoms with van der Waals surface area (Å²) in [5.41, 5.74) is 4.50. The van der Waals surface area contributed by atoms with Crippen molar-refractivity contribution >= 4 is 11.9 Å². The van der Waals surface area contributed by atoms with Crippen LogP contribution in [0.5, 0.6) is 0 Å². The summed E-state index contributed by atoms with van der Waals surface area (Å²) in [6.45, 7) is 8.69. The second-order valence-electron chi connectivity index (χ2n) is 5.30. The van der Waals surface area contributed by atoms with Gasteiger partial charge in [-0.3, -0.25) is 9.59 Å². The summed E-state index contributed by atoms with van der Waals surface area (Å²) in [7, 11) is 0. The van der Waals surface area contributed by atoms with Gasteiger partial charge in [-0.1, -0.05) is 6.92 Å². The first kappa shape index (κ1) is 14.9. The molecule has 0 saturated carbocycles. The second-order valence-corrected chi connectivity index (χ2v) is 5.30. The molecule has 0 fully saturated rings. The number of hydrogen-bond acceptors (Lipinski definition) is 3. The van der Waals surface area contributed by atoms with E-state index in [-0.39, 0.29) is 12.5 Å². The number of amides is 1. The van der Waals surface area contributed by atoms with Crippen LogP contribution in [0.4, 0.5) is 0 Å². The summed E-state index contributed by atoms with van der Waals surface area (Å²) >= 11 is 0. The predicted octanol–water partition coefficient (Wildman–Crippen LogP) is 0.587. The zero-order chi connectivity index (χ0) is 13.1. The maximum atomic E-state index is 11.9. The molecule has 0 aromatic heterocycles. The lowest BCUT2D eigenvalue weighted by atomic mass is 9.74. The molecule has 1 amide bonds. The Morgan fingerprint density at radius 1 is 1.31 bits per heavy atom. The maximum Gasteiger partial charge on any atom is 0.308 e. The van der Waals surface area contributed by atoms with Crippen molar-refractivity contribution in [1.82, 2.24) is 5.32 Å². The molecule has 0 rings (SSSR count).